The summed E-state index contributed by atoms with van der Waals surface area (Å²) in [6.07, 6.45) is 3.17. The topological polar surface area (TPSA) is 97.9 Å². The molecule has 0 unspecified atom stereocenters. The number of fused-ring (bicyclic) bond motifs is 2. The molecule has 4 heterocycles. The van der Waals surface area contributed by atoms with Gasteiger partial charge in [-0.25, -0.2) is 14.6 Å². The lowest BCUT2D eigenvalue weighted by atomic mass is 10.3. The fourth-order valence-electron chi connectivity index (χ4n) is 2.87. The van der Waals surface area contributed by atoms with Gasteiger partial charge >= 0.3 is 0 Å². The van der Waals surface area contributed by atoms with Crippen LogP contribution in [0.4, 0.5) is 0 Å². The summed E-state index contributed by atoms with van der Waals surface area (Å²) in [4.78, 5) is 37.0. The largest absolute Gasteiger partial charge is 0.301 e. The fraction of sp³-hybridized carbons (Fsp3) is 0.0556. The first-order valence-electron chi connectivity index (χ1n) is 8.41. The zero-order valence-electron chi connectivity index (χ0n) is 14.6. The number of halogens is 1. The second kappa shape index (κ2) is 7.14. The number of nitrogens with one attached hydrogen (secondary N) is 1. The molecule has 0 bridgehead atoms. The minimum absolute atomic E-state index is 0.136. The number of thiazole rings is 1. The van der Waals surface area contributed by atoms with E-state index in [1.54, 1.807) is 29.1 Å². The number of thioether (sulfide) groups is 1. The summed E-state index contributed by atoms with van der Waals surface area (Å²) in [7, 11) is 0. The van der Waals surface area contributed by atoms with Gasteiger partial charge in [-0.15, -0.1) is 11.3 Å². The predicted octanol–water partition coefficient (Wildman–Crippen LogP) is 3.12. The number of hydrogen-bond acceptors (Lipinski definition) is 7. The van der Waals surface area contributed by atoms with Crippen molar-refractivity contribution >= 4 is 50.7 Å². The van der Waals surface area contributed by atoms with E-state index < -0.39 is 0 Å². The molecule has 0 atom stereocenters. The number of H-pyrrole nitrogens is 1. The van der Waals surface area contributed by atoms with Crippen molar-refractivity contribution < 1.29 is 0 Å². The standard InChI is InChI=1S/C18H11ClN6O2S2/c19-10-2-1-3-12(6-10)25-15-13(8-20-25)16(27)23-17(22-15)29-9-11-7-14(26)24-4-5-28-18(24)21-11/h1-8H,9H2,(H,22,23,27). The Kier molecular flexibility index (Phi) is 4.46. The Morgan fingerprint density at radius 1 is 1.21 bits per heavy atom. The smallest absolute Gasteiger partial charge is 0.262 e. The van der Waals surface area contributed by atoms with Crippen LogP contribution in [0.2, 0.25) is 5.02 Å². The first-order valence-corrected chi connectivity index (χ1v) is 10.7. The van der Waals surface area contributed by atoms with Crippen LogP contribution in [0.1, 0.15) is 5.69 Å². The lowest BCUT2D eigenvalue weighted by Gasteiger charge is -2.05. The minimum atomic E-state index is -0.285. The molecule has 29 heavy (non-hydrogen) atoms. The van der Waals surface area contributed by atoms with Crippen LogP contribution in [0.3, 0.4) is 0 Å². The van der Waals surface area contributed by atoms with Crippen molar-refractivity contribution in [3.8, 4) is 5.69 Å². The highest BCUT2D eigenvalue weighted by molar-refractivity contribution is 7.98. The highest BCUT2D eigenvalue weighted by atomic mass is 35.5. The lowest BCUT2D eigenvalue weighted by molar-refractivity contribution is 0.872. The van der Waals surface area contributed by atoms with Crippen LogP contribution in [0.5, 0.6) is 0 Å². The Hall–Kier alpha value is -2.95. The molecule has 0 aliphatic heterocycles. The van der Waals surface area contributed by atoms with E-state index in [-0.39, 0.29) is 11.1 Å². The molecule has 11 heteroatoms. The van der Waals surface area contributed by atoms with Gasteiger partial charge in [-0.1, -0.05) is 29.4 Å². The maximum Gasteiger partial charge on any atom is 0.262 e. The Bertz CT molecular complexity index is 1490. The van der Waals surface area contributed by atoms with Gasteiger partial charge in [0.05, 0.1) is 17.6 Å². The van der Waals surface area contributed by atoms with Crippen molar-refractivity contribution in [1.82, 2.24) is 29.1 Å². The number of aromatic amines is 1. The molecule has 0 aliphatic carbocycles. The zero-order valence-corrected chi connectivity index (χ0v) is 17.0. The molecular weight excluding hydrogens is 432 g/mol. The average molecular weight is 443 g/mol. The third-order valence-corrected chi connectivity index (χ3v) is 6.08. The van der Waals surface area contributed by atoms with Crippen LogP contribution < -0.4 is 11.1 Å². The Balaban J connectivity index is 1.51. The second-order valence-electron chi connectivity index (χ2n) is 6.07. The summed E-state index contributed by atoms with van der Waals surface area (Å²) in [6.45, 7) is 0. The Morgan fingerprint density at radius 2 is 2.10 bits per heavy atom. The van der Waals surface area contributed by atoms with Crippen molar-refractivity contribution in [2.24, 2.45) is 0 Å². The number of hydrogen-bond donors (Lipinski definition) is 1. The van der Waals surface area contributed by atoms with Crippen molar-refractivity contribution in [2.75, 3.05) is 0 Å². The number of benzene rings is 1. The summed E-state index contributed by atoms with van der Waals surface area (Å²) in [5.41, 5.74) is 1.34. The van der Waals surface area contributed by atoms with E-state index in [0.717, 1.165) is 0 Å². The molecule has 144 valence electrons. The molecule has 0 spiro atoms. The molecule has 8 nitrogen and oxygen atoms in total. The molecule has 0 saturated carbocycles. The van der Waals surface area contributed by atoms with Crippen LogP contribution in [0.15, 0.2) is 62.9 Å². The average Bonchev–Trinajstić information content (AvgIpc) is 3.34. The van der Waals surface area contributed by atoms with Crippen LogP contribution >= 0.6 is 34.7 Å². The normalized spacial score (nSPS) is 11.5. The molecule has 1 N–H and O–H groups in total. The lowest BCUT2D eigenvalue weighted by Crippen LogP contribution is -2.13. The molecule has 0 fully saturated rings. The molecule has 0 amide bonds. The van der Waals surface area contributed by atoms with Crippen LogP contribution in [-0.4, -0.2) is 29.1 Å². The maximum absolute atomic E-state index is 12.5. The first kappa shape index (κ1) is 18.1. The number of aromatic nitrogens is 6. The summed E-state index contributed by atoms with van der Waals surface area (Å²) in [5.74, 6) is 0.392. The molecule has 5 rings (SSSR count). The van der Waals surface area contributed by atoms with Gasteiger partial charge in [0.15, 0.2) is 15.8 Å². The molecular formula is C18H11ClN6O2S2. The minimum Gasteiger partial charge on any atom is -0.301 e. The van der Waals surface area contributed by atoms with E-state index in [4.69, 9.17) is 11.6 Å². The van der Waals surface area contributed by atoms with Gasteiger partial charge in [-0.2, -0.15) is 5.10 Å². The van der Waals surface area contributed by atoms with E-state index in [2.05, 4.69) is 20.1 Å². The predicted molar refractivity (Wildman–Crippen MR) is 113 cm³/mol. The van der Waals surface area contributed by atoms with Crippen LogP contribution in [-0.2, 0) is 5.75 Å². The van der Waals surface area contributed by atoms with Gasteiger partial charge in [-0.05, 0) is 18.2 Å². The summed E-state index contributed by atoms with van der Waals surface area (Å²) in [6, 6.07) is 8.63. The summed E-state index contributed by atoms with van der Waals surface area (Å²) in [5, 5.41) is 7.45. The maximum atomic E-state index is 12.5. The second-order valence-corrected chi connectivity index (χ2v) is 8.35. The zero-order chi connectivity index (χ0) is 20.0. The molecule has 0 saturated heterocycles. The summed E-state index contributed by atoms with van der Waals surface area (Å²) < 4.78 is 3.07. The van der Waals surface area contributed by atoms with Gasteiger partial charge < -0.3 is 4.98 Å². The van der Waals surface area contributed by atoms with E-state index >= 15 is 0 Å². The van der Waals surface area contributed by atoms with Crippen molar-refractivity contribution in [3.63, 3.8) is 0 Å². The third kappa shape index (κ3) is 3.35. The van der Waals surface area contributed by atoms with Gasteiger partial charge in [-0.3, -0.25) is 14.0 Å². The molecule has 4 aromatic heterocycles. The van der Waals surface area contributed by atoms with E-state index in [0.29, 0.717) is 43.3 Å². The van der Waals surface area contributed by atoms with Gasteiger partial charge in [0.1, 0.15) is 5.39 Å². The monoisotopic (exact) mass is 442 g/mol. The van der Waals surface area contributed by atoms with Crippen molar-refractivity contribution in [1.29, 1.82) is 0 Å². The molecule has 0 aliphatic rings. The highest BCUT2D eigenvalue weighted by Crippen LogP contribution is 2.22. The Morgan fingerprint density at radius 3 is 2.97 bits per heavy atom. The SMILES string of the molecule is O=c1[nH]c(SCc2cc(=O)n3ccsc3n2)nc2c1cnn2-c1cccc(Cl)c1. The van der Waals surface area contributed by atoms with Gasteiger partial charge in [0.25, 0.3) is 11.1 Å². The van der Waals surface area contributed by atoms with Crippen LogP contribution in [0.25, 0.3) is 21.7 Å². The molecule has 1 aromatic carbocycles. The quantitative estimate of drug-likeness (QED) is 0.339. The third-order valence-electron chi connectivity index (χ3n) is 4.18. The van der Waals surface area contributed by atoms with Gasteiger partial charge in [0.2, 0.25) is 0 Å². The summed E-state index contributed by atoms with van der Waals surface area (Å²) >= 11 is 8.76. The number of rotatable bonds is 4. The van der Waals surface area contributed by atoms with Gasteiger partial charge in [0, 0.05) is 28.4 Å². The van der Waals surface area contributed by atoms with E-state index in [1.165, 1.54) is 39.8 Å². The van der Waals surface area contributed by atoms with E-state index in [9.17, 15) is 9.59 Å². The first-order chi connectivity index (χ1) is 14.1. The van der Waals surface area contributed by atoms with E-state index in [1.807, 2.05) is 11.4 Å². The number of nitrogens with zero attached hydrogens (tertiary/aromatic N) is 5. The molecule has 0 radical (unpaired) electrons. The molecule has 5 aromatic rings. The van der Waals surface area contributed by atoms with Crippen molar-refractivity contribution in [3.05, 3.63) is 79.5 Å². The van der Waals surface area contributed by atoms with Crippen molar-refractivity contribution in [2.45, 2.75) is 10.9 Å². The Labute approximate surface area is 175 Å². The fourth-order valence-corrected chi connectivity index (χ4v) is 4.54. The van der Waals surface area contributed by atoms with Crippen LogP contribution in [0, 0.1) is 0 Å². The highest BCUT2D eigenvalue weighted by Gasteiger charge is 2.13.